The molecule has 0 aliphatic carbocycles. The topological polar surface area (TPSA) is 0 Å². The molecule has 0 N–H and O–H groups in total. The molecule has 0 heterocycles. The first-order chi connectivity index (χ1) is 18.9. The van der Waals surface area contributed by atoms with Crippen molar-refractivity contribution >= 4 is 0 Å². The number of hydrogen-bond acceptors (Lipinski definition) is 0. The van der Waals surface area contributed by atoms with Crippen LogP contribution in [0.1, 0.15) is 115 Å². The van der Waals surface area contributed by atoms with Gasteiger partial charge in [-0.05, 0) is 47.6 Å². The third kappa shape index (κ3) is 10.2. The smallest absolute Gasteiger partial charge is 0.206 e. The Labute approximate surface area is 235 Å². The Morgan fingerprint density at radius 2 is 1.05 bits per heavy atom. The monoisotopic (exact) mass is 536 g/mol. The Bertz CT molecular complexity index is 1080. The second kappa shape index (κ2) is 16.5. The van der Waals surface area contributed by atoms with E-state index in [2.05, 4.69) is 19.1 Å². The van der Waals surface area contributed by atoms with E-state index in [1.807, 2.05) is 25.1 Å². The van der Waals surface area contributed by atoms with E-state index in [1.165, 1.54) is 94.4 Å². The zero-order valence-electron chi connectivity index (χ0n) is 24.1. The van der Waals surface area contributed by atoms with Gasteiger partial charge in [-0.15, -0.1) is 0 Å². The number of alkyl halides is 2. The first kappa shape index (κ1) is 31.0. The first-order valence-corrected chi connectivity index (χ1v) is 15.3. The molecule has 0 radical (unpaired) electrons. The van der Waals surface area contributed by atoms with Gasteiger partial charge in [0.25, 0.3) is 5.92 Å². The summed E-state index contributed by atoms with van der Waals surface area (Å²) in [5.74, 6) is -3.13. The number of aryl methyl sites for hydroxylation is 1. The van der Waals surface area contributed by atoms with Gasteiger partial charge >= 0.3 is 0 Å². The molecule has 0 bridgehead atoms. The van der Waals surface area contributed by atoms with Gasteiger partial charge in [-0.3, -0.25) is 0 Å². The molecule has 3 aromatic carbocycles. The van der Waals surface area contributed by atoms with Crippen LogP contribution in [0.4, 0.5) is 13.2 Å². The van der Waals surface area contributed by atoms with Crippen molar-refractivity contribution in [2.45, 2.75) is 116 Å². The molecule has 0 amide bonds. The summed E-state index contributed by atoms with van der Waals surface area (Å²) in [5, 5.41) is 0. The van der Waals surface area contributed by atoms with Gasteiger partial charge in [0.15, 0.2) is 0 Å². The SMILES string of the molecule is CCCCCCCCCCCCCc1ccc(-c2ccc(-c3ccc(C(F)(F)CCCC)cc3)cc2F)cc1. The standard InChI is InChI=1S/C36H47F3/c1-3-5-7-8-9-10-11-12-13-14-15-16-29-17-19-31(20-18-29)34-26-23-32(28-35(34)37)30-21-24-33(25-22-30)36(38,39)27-6-4-2/h17-26,28H,3-16,27H2,1-2H3. The van der Waals surface area contributed by atoms with E-state index in [9.17, 15) is 8.78 Å². The van der Waals surface area contributed by atoms with Crippen molar-refractivity contribution in [2.24, 2.45) is 0 Å². The van der Waals surface area contributed by atoms with E-state index in [0.29, 0.717) is 17.5 Å². The van der Waals surface area contributed by atoms with E-state index in [0.717, 1.165) is 24.0 Å². The second-order valence-electron chi connectivity index (χ2n) is 11.1. The van der Waals surface area contributed by atoms with Crippen LogP contribution in [0.15, 0.2) is 66.7 Å². The summed E-state index contributed by atoms with van der Waals surface area (Å²) in [6.07, 6.45) is 16.9. The molecule has 0 aliphatic heterocycles. The Kier molecular flexibility index (Phi) is 13.1. The summed E-state index contributed by atoms with van der Waals surface area (Å²) in [5.41, 5.74) is 4.15. The summed E-state index contributed by atoms with van der Waals surface area (Å²) in [6.45, 7) is 4.17. The van der Waals surface area contributed by atoms with Crippen molar-refractivity contribution in [3.8, 4) is 22.3 Å². The Morgan fingerprint density at radius 1 is 0.538 bits per heavy atom. The summed E-state index contributed by atoms with van der Waals surface area (Å²) < 4.78 is 43.7. The zero-order valence-corrected chi connectivity index (χ0v) is 24.1. The molecule has 0 aliphatic rings. The average molecular weight is 537 g/mol. The van der Waals surface area contributed by atoms with Crippen molar-refractivity contribution in [2.75, 3.05) is 0 Å². The maximum absolute atomic E-state index is 15.1. The summed E-state index contributed by atoms with van der Waals surface area (Å²) in [4.78, 5) is 0. The van der Waals surface area contributed by atoms with Gasteiger partial charge in [0.2, 0.25) is 0 Å². The fraction of sp³-hybridized carbons (Fsp3) is 0.500. The average Bonchev–Trinajstić information content (AvgIpc) is 2.95. The van der Waals surface area contributed by atoms with Crippen molar-refractivity contribution in [3.05, 3.63) is 83.7 Å². The normalized spacial score (nSPS) is 11.7. The van der Waals surface area contributed by atoms with Crippen LogP contribution in [0.3, 0.4) is 0 Å². The van der Waals surface area contributed by atoms with Crippen LogP contribution in [0, 0.1) is 5.82 Å². The lowest BCUT2D eigenvalue weighted by molar-refractivity contribution is -0.0154. The molecule has 0 unspecified atom stereocenters. The highest BCUT2D eigenvalue weighted by Gasteiger charge is 2.30. The molecule has 0 fully saturated rings. The Balaban J connectivity index is 1.46. The predicted molar refractivity (Wildman–Crippen MR) is 161 cm³/mol. The number of benzene rings is 3. The molecule has 0 atom stereocenters. The van der Waals surface area contributed by atoms with Crippen LogP contribution >= 0.6 is 0 Å². The molecule has 3 aromatic rings. The van der Waals surface area contributed by atoms with Gasteiger partial charge in [-0.25, -0.2) is 13.2 Å². The number of hydrogen-bond donors (Lipinski definition) is 0. The highest BCUT2D eigenvalue weighted by molar-refractivity contribution is 5.71. The molecule has 0 saturated heterocycles. The van der Waals surface area contributed by atoms with Crippen molar-refractivity contribution in [1.29, 1.82) is 0 Å². The van der Waals surface area contributed by atoms with Gasteiger partial charge in [0.1, 0.15) is 5.82 Å². The Morgan fingerprint density at radius 3 is 1.62 bits per heavy atom. The quantitative estimate of drug-likeness (QED) is 0.142. The van der Waals surface area contributed by atoms with Gasteiger partial charge < -0.3 is 0 Å². The predicted octanol–water partition coefficient (Wildman–Crippen LogP) is 12.3. The van der Waals surface area contributed by atoms with E-state index in [-0.39, 0.29) is 17.8 Å². The lowest BCUT2D eigenvalue weighted by atomic mass is 9.96. The van der Waals surface area contributed by atoms with Crippen molar-refractivity contribution in [3.63, 3.8) is 0 Å². The van der Waals surface area contributed by atoms with E-state index < -0.39 is 5.92 Å². The van der Waals surface area contributed by atoms with Crippen molar-refractivity contribution < 1.29 is 13.2 Å². The summed E-state index contributed by atoms with van der Waals surface area (Å²) in [7, 11) is 0. The van der Waals surface area contributed by atoms with Crippen LogP contribution < -0.4 is 0 Å². The third-order valence-corrected chi connectivity index (χ3v) is 7.79. The largest absolute Gasteiger partial charge is 0.273 e. The minimum atomic E-state index is -2.83. The molecule has 3 rings (SSSR count). The van der Waals surface area contributed by atoms with Crippen LogP contribution in [0.5, 0.6) is 0 Å². The van der Waals surface area contributed by atoms with Gasteiger partial charge in [0, 0.05) is 17.5 Å². The third-order valence-electron chi connectivity index (χ3n) is 7.79. The lowest BCUT2D eigenvalue weighted by Crippen LogP contribution is -2.12. The highest BCUT2D eigenvalue weighted by Crippen LogP contribution is 2.35. The Hall–Kier alpha value is -2.55. The number of unbranched alkanes of at least 4 members (excludes halogenated alkanes) is 11. The van der Waals surface area contributed by atoms with E-state index in [4.69, 9.17) is 0 Å². The zero-order chi connectivity index (χ0) is 27.9. The minimum absolute atomic E-state index is 0.0186. The highest BCUT2D eigenvalue weighted by atomic mass is 19.3. The molecule has 212 valence electrons. The molecular weight excluding hydrogens is 489 g/mol. The molecular formula is C36H47F3. The minimum Gasteiger partial charge on any atom is -0.206 e. The van der Waals surface area contributed by atoms with Gasteiger partial charge in [-0.1, -0.05) is 145 Å². The van der Waals surface area contributed by atoms with Crippen LogP contribution in [0.25, 0.3) is 22.3 Å². The summed E-state index contributed by atoms with van der Waals surface area (Å²) in [6, 6.07) is 19.6. The molecule has 39 heavy (non-hydrogen) atoms. The lowest BCUT2D eigenvalue weighted by Gasteiger charge is -2.17. The molecule has 0 spiro atoms. The number of halogens is 3. The molecule has 3 heteroatoms. The van der Waals surface area contributed by atoms with Gasteiger partial charge in [0.05, 0.1) is 0 Å². The molecule has 0 aromatic heterocycles. The van der Waals surface area contributed by atoms with E-state index >= 15 is 4.39 Å². The maximum atomic E-state index is 15.1. The fourth-order valence-corrected chi connectivity index (χ4v) is 5.22. The first-order valence-electron chi connectivity index (χ1n) is 15.3. The van der Waals surface area contributed by atoms with Crippen molar-refractivity contribution in [1.82, 2.24) is 0 Å². The van der Waals surface area contributed by atoms with E-state index in [1.54, 1.807) is 18.2 Å². The van der Waals surface area contributed by atoms with Crippen LogP contribution in [-0.2, 0) is 12.3 Å². The van der Waals surface area contributed by atoms with Gasteiger partial charge in [-0.2, -0.15) is 0 Å². The van der Waals surface area contributed by atoms with Crippen LogP contribution in [0.2, 0.25) is 0 Å². The second-order valence-corrected chi connectivity index (χ2v) is 11.1. The number of rotatable bonds is 18. The summed E-state index contributed by atoms with van der Waals surface area (Å²) >= 11 is 0. The maximum Gasteiger partial charge on any atom is 0.273 e. The molecule has 0 saturated carbocycles. The van der Waals surface area contributed by atoms with Crippen LogP contribution in [-0.4, -0.2) is 0 Å². The molecule has 0 nitrogen and oxygen atoms in total. The fourth-order valence-electron chi connectivity index (χ4n) is 5.22.